The van der Waals surface area contributed by atoms with E-state index in [1.807, 2.05) is 31.2 Å². The highest BCUT2D eigenvalue weighted by Gasteiger charge is 2.06. The molecule has 2 N–H and O–H groups in total. The molecule has 0 saturated heterocycles. The Morgan fingerprint density at radius 1 is 1.32 bits per heavy atom. The summed E-state index contributed by atoms with van der Waals surface area (Å²) in [6, 6.07) is 7.84. The van der Waals surface area contributed by atoms with Gasteiger partial charge in [-0.15, -0.1) is 10.2 Å². The minimum absolute atomic E-state index is 0.540. The Labute approximate surface area is 116 Å². The Hall–Kier alpha value is -1.72. The van der Waals surface area contributed by atoms with Crippen LogP contribution in [0.15, 0.2) is 36.4 Å². The van der Waals surface area contributed by atoms with E-state index in [0.717, 1.165) is 33.3 Å². The van der Waals surface area contributed by atoms with E-state index >= 15 is 0 Å². The third kappa shape index (κ3) is 3.87. The molecule has 0 radical (unpaired) electrons. The molecule has 0 amide bonds. The molecule has 0 saturated carbocycles. The van der Waals surface area contributed by atoms with Gasteiger partial charge in [-0.3, -0.25) is 0 Å². The molecule has 5 heteroatoms. The van der Waals surface area contributed by atoms with E-state index in [-0.39, 0.29) is 0 Å². The van der Waals surface area contributed by atoms with Crippen LogP contribution in [0.4, 0.5) is 0 Å². The first-order valence-electron chi connectivity index (χ1n) is 6.09. The second-order valence-corrected chi connectivity index (χ2v) is 5.37. The summed E-state index contributed by atoms with van der Waals surface area (Å²) in [7, 11) is 0. The molecule has 2 rings (SSSR count). The van der Waals surface area contributed by atoms with Gasteiger partial charge in [0.1, 0.15) is 22.4 Å². The predicted molar refractivity (Wildman–Crippen MR) is 78.4 cm³/mol. The summed E-state index contributed by atoms with van der Waals surface area (Å²) in [5.74, 6) is 0.832. The van der Waals surface area contributed by atoms with E-state index in [1.54, 1.807) is 11.3 Å². The van der Waals surface area contributed by atoms with Crippen molar-refractivity contribution >= 4 is 11.3 Å². The molecule has 19 heavy (non-hydrogen) atoms. The van der Waals surface area contributed by atoms with Crippen molar-refractivity contribution in [2.24, 2.45) is 5.73 Å². The standard InChI is InChI=1S/C14H17N3OS/c1-10(2)9-18-12-5-3-11(4-6-12)14-17-16-13(19-14)7-8-15/h3-6H,1,7-9,15H2,2H3. The van der Waals surface area contributed by atoms with Gasteiger partial charge in [-0.1, -0.05) is 17.9 Å². The van der Waals surface area contributed by atoms with Crippen LogP contribution in [0, 0.1) is 0 Å². The summed E-state index contributed by atoms with van der Waals surface area (Å²) >= 11 is 1.58. The number of ether oxygens (including phenoxy) is 1. The molecule has 0 aliphatic rings. The largest absolute Gasteiger partial charge is 0.489 e. The Kier molecular flexibility index (Phi) is 4.65. The van der Waals surface area contributed by atoms with Gasteiger partial charge in [-0.05, 0) is 43.3 Å². The first kappa shape index (κ1) is 13.7. The SMILES string of the molecule is C=C(C)COc1ccc(-c2nnc(CCN)s2)cc1. The van der Waals surface area contributed by atoms with Gasteiger partial charge < -0.3 is 10.5 Å². The topological polar surface area (TPSA) is 61.0 Å². The fourth-order valence-electron chi connectivity index (χ4n) is 1.50. The molecular formula is C14H17N3OS. The smallest absolute Gasteiger partial charge is 0.147 e. The van der Waals surface area contributed by atoms with Gasteiger partial charge >= 0.3 is 0 Å². The van der Waals surface area contributed by atoms with Crippen LogP contribution in [0.25, 0.3) is 10.6 Å². The maximum atomic E-state index is 5.55. The van der Waals surface area contributed by atoms with Crippen LogP contribution in [0.1, 0.15) is 11.9 Å². The van der Waals surface area contributed by atoms with Crippen LogP contribution in [-0.2, 0) is 6.42 Å². The first-order chi connectivity index (χ1) is 9.19. The first-order valence-corrected chi connectivity index (χ1v) is 6.91. The molecule has 0 fully saturated rings. The van der Waals surface area contributed by atoms with Crippen molar-refractivity contribution in [1.29, 1.82) is 0 Å². The van der Waals surface area contributed by atoms with Crippen LogP contribution in [0.5, 0.6) is 5.75 Å². The van der Waals surface area contributed by atoms with E-state index in [2.05, 4.69) is 16.8 Å². The molecule has 0 bridgehead atoms. The average molecular weight is 275 g/mol. The highest BCUT2D eigenvalue weighted by Crippen LogP contribution is 2.25. The molecule has 0 aliphatic carbocycles. The maximum Gasteiger partial charge on any atom is 0.147 e. The lowest BCUT2D eigenvalue weighted by Crippen LogP contribution is -2.01. The van der Waals surface area contributed by atoms with Gasteiger partial charge in [0.25, 0.3) is 0 Å². The third-order valence-electron chi connectivity index (χ3n) is 2.41. The van der Waals surface area contributed by atoms with E-state index in [4.69, 9.17) is 10.5 Å². The molecule has 0 spiro atoms. The molecule has 0 atom stereocenters. The zero-order valence-corrected chi connectivity index (χ0v) is 11.7. The van der Waals surface area contributed by atoms with Crippen LogP contribution in [-0.4, -0.2) is 23.3 Å². The maximum absolute atomic E-state index is 5.55. The minimum atomic E-state index is 0.540. The Balaban J connectivity index is 2.06. The van der Waals surface area contributed by atoms with Gasteiger partial charge in [0.15, 0.2) is 0 Å². The summed E-state index contributed by atoms with van der Waals surface area (Å²) in [5.41, 5.74) is 7.55. The van der Waals surface area contributed by atoms with E-state index in [1.165, 1.54) is 0 Å². The Morgan fingerprint density at radius 3 is 2.68 bits per heavy atom. The lowest BCUT2D eigenvalue weighted by atomic mass is 10.2. The summed E-state index contributed by atoms with van der Waals surface area (Å²) in [6.45, 7) is 6.88. The number of benzene rings is 1. The van der Waals surface area contributed by atoms with Crippen molar-refractivity contribution in [3.8, 4) is 16.3 Å². The molecule has 1 aromatic carbocycles. The summed E-state index contributed by atoms with van der Waals surface area (Å²) in [4.78, 5) is 0. The monoisotopic (exact) mass is 275 g/mol. The van der Waals surface area contributed by atoms with Crippen LogP contribution in [0.3, 0.4) is 0 Å². The average Bonchev–Trinajstić information content (AvgIpc) is 2.86. The van der Waals surface area contributed by atoms with Crippen molar-refractivity contribution in [3.05, 3.63) is 41.4 Å². The van der Waals surface area contributed by atoms with E-state index < -0.39 is 0 Å². The van der Waals surface area contributed by atoms with Crippen LogP contribution < -0.4 is 10.5 Å². The number of nitrogens with two attached hydrogens (primary N) is 1. The van der Waals surface area contributed by atoms with Crippen molar-refractivity contribution in [1.82, 2.24) is 10.2 Å². The lowest BCUT2D eigenvalue weighted by molar-refractivity contribution is 0.353. The fourth-order valence-corrected chi connectivity index (χ4v) is 2.36. The molecule has 1 aromatic heterocycles. The van der Waals surface area contributed by atoms with Crippen molar-refractivity contribution in [3.63, 3.8) is 0 Å². The molecule has 0 unspecified atom stereocenters. The highest BCUT2D eigenvalue weighted by atomic mass is 32.1. The minimum Gasteiger partial charge on any atom is -0.489 e. The van der Waals surface area contributed by atoms with Crippen molar-refractivity contribution in [2.45, 2.75) is 13.3 Å². The van der Waals surface area contributed by atoms with Crippen molar-refractivity contribution in [2.75, 3.05) is 13.2 Å². The van der Waals surface area contributed by atoms with Gasteiger partial charge in [0.05, 0.1) is 0 Å². The molecule has 4 nitrogen and oxygen atoms in total. The zero-order valence-electron chi connectivity index (χ0n) is 10.9. The Bertz CT molecular complexity index is 548. The van der Waals surface area contributed by atoms with Gasteiger partial charge in [0, 0.05) is 12.0 Å². The zero-order chi connectivity index (χ0) is 13.7. The number of hydrogen-bond donors (Lipinski definition) is 1. The van der Waals surface area contributed by atoms with Gasteiger partial charge in [-0.2, -0.15) is 0 Å². The molecular weight excluding hydrogens is 258 g/mol. The molecule has 100 valence electrons. The van der Waals surface area contributed by atoms with Crippen molar-refractivity contribution < 1.29 is 4.74 Å². The highest BCUT2D eigenvalue weighted by molar-refractivity contribution is 7.14. The number of hydrogen-bond acceptors (Lipinski definition) is 5. The number of aromatic nitrogens is 2. The quantitative estimate of drug-likeness (QED) is 0.823. The van der Waals surface area contributed by atoms with Crippen LogP contribution in [0.2, 0.25) is 0 Å². The lowest BCUT2D eigenvalue weighted by Gasteiger charge is -2.05. The predicted octanol–water partition coefficient (Wildman–Crippen LogP) is 2.66. The summed E-state index contributed by atoms with van der Waals surface area (Å²) < 4.78 is 5.55. The van der Waals surface area contributed by atoms with E-state index in [9.17, 15) is 0 Å². The number of rotatable bonds is 6. The summed E-state index contributed by atoms with van der Waals surface area (Å²) in [5, 5.41) is 10.2. The van der Waals surface area contributed by atoms with Gasteiger partial charge in [-0.25, -0.2) is 0 Å². The van der Waals surface area contributed by atoms with Crippen LogP contribution >= 0.6 is 11.3 Å². The Morgan fingerprint density at radius 2 is 2.05 bits per heavy atom. The fraction of sp³-hybridized carbons (Fsp3) is 0.286. The normalized spacial score (nSPS) is 10.4. The molecule has 1 heterocycles. The van der Waals surface area contributed by atoms with E-state index in [0.29, 0.717) is 13.2 Å². The second-order valence-electron chi connectivity index (χ2n) is 4.31. The molecule has 2 aromatic rings. The van der Waals surface area contributed by atoms with Gasteiger partial charge in [0.2, 0.25) is 0 Å². The number of nitrogens with zero attached hydrogens (tertiary/aromatic N) is 2. The molecule has 0 aliphatic heterocycles. The summed E-state index contributed by atoms with van der Waals surface area (Å²) in [6.07, 6.45) is 0.775. The third-order valence-corrected chi connectivity index (χ3v) is 3.44. The second kappa shape index (κ2) is 6.45.